The van der Waals surface area contributed by atoms with Crippen molar-refractivity contribution in [2.45, 2.75) is 33.4 Å². The van der Waals surface area contributed by atoms with Gasteiger partial charge in [-0.1, -0.05) is 32.0 Å². The largest absolute Gasteiger partial charge is 0.507 e. The van der Waals surface area contributed by atoms with E-state index >= 15 is 0 Å². The lowest BCUT2D eigenvalue weighted by molar-refractivity contribution is -0.140. The van der Waals surface area contributed by atoms with Crippen LogP contribution in [0.3, 0.4) is 0 Å². The molecule has 94 valence electrons. The van der Waals surface area contributed by atoms with Crippen molar-refractivity contribution in [2.75, 3.05) is 0 Å². The van der Waals surface area contributed by atoms with E-state index in [0.29, 0.717) is 6.54 Å². The van der Waals surface area contributed by atoms with Gasteiger partial charge in [0.2, 0.25) is 0 Å². The molecular formula is C13H19NO3. The second-order valence-corrected chi connectivity index (χ2v) is 4.52. The van der Waals surface area contributed by atoms with E-state index in [-0.39, 0.29) is 11.7 Å². The Bertz CT molecular complexity index is 402. The Kier molecular flexibility index (Phi) is 4.52. The van der Waals surface area contributed by atoms with Gasteiger partial charge in [0.1, 0.15) is 11.8 Å². The second kappa shape index (κ2) is 5.68. The van der Waals surface area contributed by atoms with Crippen LogP contribution in [0.5, 0.6) is 5.75 Å². The van der Waals surface area contributed by atoms with Gasteiger partial charge in [-0.05, 0) is 18.4 Å². The van der Waals surface area contributed by atoms with Gasteiger partial charge >= 0.3 is 5.97 Å². The van der Waals surface area contributed by atoms with Crippen LogP contribution in [0.15, 0.2) is 18.2 Å². The molecule has 0 saturated carbocycles. The summed E-state index contributed by atoms with van der Waals surface area (Å²) >= 11 is 0. The van der Waals surface area contributed by atoms with Crippen LogP contribution < -0.4 is 5.32 Å². The number of benzene rings is 1. The monoisotopic (exact) mass is 237 g/mol. The molecule has 0 heterocycles. The van der Waals surface area contributed by atoms with Crippen LogP contribution in [0, 0.1) is 12.8 Å². The van der Waals surface area contributed by atoms with E-state index in [9.17, 15) is 9.90 Å². The zero-order valence-electron chi connectivity index (χ0n) is 10.4. The third-order valence-corrected chi connectivity index (χ3v) is 2.77. The Balaban J connectivity index is 2.72. The van der Waals surface area contributed by atoms with Gasteiger partial charge < -0.3 is 10.2 Å². The summed E-state index contributed by atoms with van der Waals surface area (Å²) in [6.07, 6.45) is 0. The van der Waals surface area contributed by atoms with Crippen LogP contribution >= 0.6 is 0 Å². The number of hydrogen-bond donors (Lipinski definition) is 3. The first-order chi connectivity index (χ1) is 7.93. The van der Waals surface area contributed by atoms with Gasteiger partial charge in [-0.2, -0.15) is 0 Å². The number of aliphatic carboxylic acids is 1. The zero-order valence-corrected chi connectivity index (χ0v) is 10.4. The quantitative estimate of drug-likeness (QED) is 0.731. The van der Waals surface area contributed by atoms with E-state index in [1.165, 1.54) is 0 Å². The molecule has 17 heavy (non-hydrogen) atoms. The van der Waals surface area contributed by atoms with Crippen molar-refractivity contribution >= 4 is 5.97 Å². The highest BCUT2D eigenvalue weighted by atomic mass is 16.4. The van der Waals surface area contributed by atoms with E-state index in [0.717, 1.165) is 11.1 Å². The SMILES string of the molecule is Cc1cccc(CNC(C(=O)O)C(C)C)c1O. The van der Waals surface area contributed by atoms with Crippen molar-refractivity contribution in [1.29, 1.82) is 0 Å². The average molecular weight is 237 g/mol. The Hall–Kier alpha value is -1.55. The number of phenols is 1. The van der Waals surface area contributed by atoms with E-state index < -0.39 is 12.0 Å². The fourth-order valence-electron chi connectivity index (χ4n) is 1.69. The smallest absolute Gasteiger partial charge is 0.320 e. The first-order valence-corrected chi connectivity index (χ1v) is 5.67. The van der Waals surface area contributed by atoms with Crippen molar-refractivity contribution in [3.63, 3.8) is 0 Å². The molecule has 0 aromatic heterocycles. The van der Waals surface area contributed by atoms with Crippen molar-refractivity contribution in [1.82, 2.24) is 5.32 Å². The predicted octanol–water partition coefficient (Wildman–Crippen LogP) is 1.90. The van der Waals surface area contributed by atoms with Gasteiger partial charge in [0.25, 0.3) is 0 Å². The number of para-hydroxylation sites is 1. The highest BCUT2D eigenvalue weighted by molar-refractivity contribution is 5.73. The predicted molar refractivity (Wildman–Crippen MR) is 65.9 cm³/mol. The van der Waals surface area contributed by atoms with Crippen LogP contribution in [-0.4, -0.2) is 22.2 Å². The molecule has 1 aromatic carbocycles. The van der Waals surface area contributed by atoms with Crippen LogP contribution in [-0.2, 0) is 11.3 Å². The molecule has 0 fully saturated rings. The number of aryl methyl sites for hydroxylation is 1. The average Bonchev–Trinajstić information content (AvgIpc) is 2.23. The van der Waals surface area contributed by atoms with E-state index in [1.807, 2.05) is 32.9 Å². The number of carboxylic acid groups (broad SMARTS) is 1. The molecule has 4 nitrogen and oxygen atoms in total. The number of phenolic OH excluding ortho intramolecular Hbond substituents is 1. The van der Waals surface area contributed by atoms with Gasteiger partial charge in [0.15, 0.2) is 0 Å². The van der Waals surface area contributed by atoms with Gasteiger partial charge in [0.05, 0.1) is 0 Å². The fraction of sp³-hybridized carbons (Fsp3) is 0.462. The Labute approximate surface area is 101 Å². The lowest BCUT2D eigenvalue weighted by Gasteiger charge is -2.18. The third-order valence-electron chi connectivity index (χ3n) is 2.77. The van der Waals surface area contributed by atoms with Crippen molar-refractivity contribution < 1.29 is 15.0 Å². The maximum Gasteiger partial charge on any atom is 0.320 e. The summed E-state index contributed by atoms with van der Waals surface area (Å²) in [7, 11) is 0. The maximum atomic E-state index is 11.0. The first kappa shape index (κ1) is 13.5. The second-order valence-electron chi connectivity index (χ2n) is 4.52. The molecule has 1 atom stereocenters. The number of carbonyl (C=O) groups is 1. The summed E-state index contributed by atoms with van der Waals surface area (Å²) in [6, 6.07) is 4.84. The molecule has 0 radical (unpaired) electrons. The molecule has 0 saturated heterocycles. The van der Waals surface area contributed by atoms with E-state index in [2.05, 4.69) is 5.32 Å². The molecule has 0 bridgehead atoms. The minimum atomic E-state index is -0.868. The molecule has 4 heteroatoms. The number of aromatic hydroxyl groups is 1. The molecule has 0 aliphatic carbocycles. The highest BCUT2D eigenvalue weighted by Gasteiger charge is 2.20. The molecule has 1 aromatic rings. The van der Waals surface area contributed by atoms with Crippen LogP contribution in [0.25, 0.3) is 0 Å². The lowest BCUT2D eigenvalue weighted by atomic mass is 10.0. The standard InChI is InChI=1S/C13H19NO3/c1-8(2)11(13(16)17)14-7-10-6-4-5-9(3)12(10)15/h4-6,8,11,14-15H,7H2,1-3H3,(H,16,17). The summed E-state index contributed by atoms with van der Waals surface area (Å²) < 4.78 is 0. The van der Waals surface area contributed by atoms with Crippen LogP contribution in [0.2, 0.25) is 0 Å². The summed E-state index contributed by atoms with van der Waals surface area (Å²) in [5.41, 5.74) is 1.51. The summed E-state index contributed by atoms with van der Waals surface area (Å²) in [5, 5.41) is 21.8. The Morgan fingerprint density at radius 2 is 2.06 bits per heavy atom. The summed E-state index contributed by atoms with van der Waals surface area (Å²) in [5.74, 6) is -0.639. The number of nitrogens with one attached hydrogen (secondary N) is 1. The lowest BCUT2D eigenvalue weighted by Crippen LogP contribution is -2.40. The van der Waals surface area contributed by atoms with E-state index in [1.54, 1.807) is 6.07 Å². The number of rotatable bonds is 5. The van der Waals surface area contributed by atoms with Crippen LogP contribution in [0.4, 0.5) is 0 Å². The first-order valence-electron chi connectivity index (χ1n) is 5.67. The van der Waals surface area contributed by atoms with Crippen molar-refractivity contribution in [2.24, 2.45) is 5.92 Å². The molecule has 3 N–H and O–H groups in total. The van der Waals surface area contributed by atoms with Gasteiger partial charge in [-0.15, -0.1) is 0 Å². The summed E-state index contributed by atoms with van der Waals surface area (Å²) in [4.78, 5) is 11.0. The summed E-state index contributed by atoms with van der Waals surface area (Å²) in [6.45, 7) is 5.86. The Morgan fingerprint density at radius 3 is 2.59 bits per heavy atom. The van der Waals surface area contributed by atoms with Gasteiger partial charge in [0, 0.05) is 12.1 Å². The van der Waals surface area contributed by atoms with Crippen LogP contribution in [0.1, 0.15) is 25.0 Å². The van der Waals surface area contributed by atoms with Crippen molar-refractivity contribution in [3.05, 3.63) is 29.3 Å². The maximum absolute atomic E-state index is 11.0. The minimum Gasteiger partial charge on any atom is -0.507 e. The van der Waals surface area contributed by atoms with Gasteiger partial charge in [-0.25, -0.2) is 0 Å². The number of carboxylic acids is 1. The zero-order chi connectivity index (χ0) is 13.0. The molecular weight excluding hydrogens is 218 g/mol. The van der Waals surface area contributed by atoms with E-state index in [4.69, 9.17) is 5.11 Å². The topological polar surface area (TPSA) is 69.6 Å². The minimum absolute atomic E-state index is 0.000507. The molecule has 1 unspecified atom stereocenters. The molecule has 0 aliphatic rings. The van der Waals surface area contributed by atoms with Crippen molar-refractivity contribution in [3.8, 4) is 5.75 Å². The molecule has 0 amide bonds. The normalized spacial score (nSPS) is 12.7. The molecule has 0 spiro atoms. The van der Waals surface area contributed by atoms with Gasteiger partial charge in [-0.3, -0.25) is 10.1 Å². The molecule has 0 aliphatic heterocycles. The Morgan fingerprint density at radius 1 is 1.41 bits per heavy atom. The highest BCUT2D eigenvalue weighted by Crippen LogP contribution is 2.21. The third kappa shape index (κ3) is 3.46. The fourth-order valence-corrected chi connectivity index (χ4v) is 1.69. The number of hydrogen-bond acceptors (Lipinski definition) is 3. The molecule has 1 rings (SSSR count).